The number of carbonyl (C=O) groups is 2. The van der Waals surface area contributed by atoms with Gasteiger partial charge in [-0.1, -0.05) is 19.0 Å². The standard InChI is InChI=1S/C20H15ClF3N5O3.CH4.H2S/c1-11-10-28(13-4-5-16(15(21)7-13)32-20(22,23)24)19(31)17-14(9-26-29(11)17)18(30)27-12-3-2-6-25-8-12;;/h2-9,11H,10H2,1H3,(H,27,30);1H4;1H2/t11-;;/m0../s1. The summed E-state index contributed by atoms with van der Waals surface area (Å²) in [4.78, 5) is 31.3. The van der Waals surface area contributed by atoms with E-state index in [1.165, 1.54) is 34.1 Å². The van der Waals surface area contributed by atoms with E-state index in [0.29, 0.717) is 5.69 Å². The minimum absolute atomic E-state index is 0. The number of hydrogen-bond donors (Lipinski definition) is 1. The number of amides is 2. The first-order valence-corrected chi connectivity index (χ1v) is 9.68. The van der Waals surface area contributed by atoms with Gasteiger partial charge in [0.05, 0.1) is 34.7 Å². The lowest BCUT2D eigenvalue weighted by atomic mass is 10.1. The summed E-state index contributed by atoms with van der Waals surface area (Å²) >= 11 is 5.94. The molecule has 3 aromatic rings. The Morgan fingerprint density at radius 1 is 1.26 bits per heavy atom. The number of benzene rings is 1. The molecule has 4 rings (SSSR count). The molecule has 0 fully saturated rings. The normalized spacial score (nSPS) is 15.0. The van der Waals surface area contributed by atoms with E-state index in [1.54, 1.807) is 25.3 Å². The molecule has 34 heavy (non-hydrogen) atoms. The van der Waals surface area contributed by atoms with Crippen molar-refractivity contribution in [3.63, 3.8) is 0 Å². The van der Waals surface area contributed by atoms with Crippen LogP contribution >= 0.6 is 25.1 Å². The van der Waals surface area contributed by atoms with Crippen molar-refractivity contribution in [2.24, 2.45) is 0 Å². The number of hydrogen-bond acceptors (Lipinski definition) is 5. The van der Waals surface area contributed by atoms with Gasteiger partial charge in [-0.2, -0.15) is 18.6 Å². The minimum Gasteiger partial charge on any atom is -0.404 e. The molecule has 1 aliphatic rings. The smallest absolute Gasteiger partial charge is 0.404 e. The number of carbonyl (C=O) groups excluding carboxylic acids is 2. The maximum absolute atomic E-state index is 13.2. The van der Waals surface area contributed by atoms with Crippen molar-refractivity contribution < 1.29 is 27.5 Å². The molecule has 0 saturated heterocycles. The van der Waals surface area contributed by atoms with Gasteiger partial charge in [0.1, 0.15) is 11.4 Å². The van der Waals surface area contributed by atoms with Crippen LogP contribution in [0.1, 0.15) is 41.2 Å². The van der Waals surface area contributed by atoms with E-state index < -0.39 is 23.9 Å². The van der Waals surface area contributed by atoms with E-state index in [4.69, 9.17) is 11.6 Å². The Labute approximate surface area is 205 Å². The zero-order valence-corrected chi connectivity index (χ0v) is 18.7. The second-order valence-corrected chi connectivity index (χ2v) is 7.38. The van der Waals surface area contributed by atoms with E-state index in [9.17, 15) is 22.8 Å². The molecule has 1 aromatic carbocycles. The molecule has 8 nitrogen and oxygen atoms in total. The predicted molar refractivity (Wildman–Crippen MR) is 126 cm³/mol. The molecule has 2 amide bonds. The summed E-state index contributed by atoms with van der Waals surface area (Å²) in [6, 6.07) is 6.50. The van der Waals surface area contributed by atoms with Gasteiger partial charge in [0, 0.05) is 18.4 Å². The van der Waals surface area contributed by atoms with Crippen LogP contribution in [0.25, 0.3) is 0 Å². The third-order valence-corrected chi connectivity index (χ3v) is 5.02. The Hall–Kier alpha value is -3.25. The fraction of sp³-hybridized carbons (Fsp3) is 0.238. The molecule has 2 aromatic heterocycles. The molecule has 0 radical (unpaired) electrons. The number of aromatic nitrogens is 3. The SMILES string of the molecule is C.C[C@H]1CN(c2ccc(OC(F)(F)F)c(Cl)c2)C(=O)c2c(C(=O)Nc3cccnc3)cnn21.S. The van der Waals surface area contributed by atoms with Crippen LogP contribution in [-0.4, -0.2) is 39.5 Å². The van der Waals surface area contributed by atoms with E-state index >= 15 is 0 Å². The van der Waals surface area contributed by atoms with Crippen molar-refractivity contribution in [1.82, 2.24) is 14.8 Å². The number of nitrogens with one attached hydrogen (secondary N) is 1. The van der Waals surface area contributed by atoms with Crippen LogP contribution in [0.3, 0.4) is 0 Å². The lowest BCUT2D eigenvalue weighted by molar-refractivity contribution is -0.274. The third-order valence-electron chi connectivity index (χ3n) is 4.72. The predicted octanol–water partition coefficient (Wildman–Crippen LogP) is 5.05. The van der Waals surface area contributed by atoms with Crippen LogP contribution in [-0.2, 0) is 0 Å². The van der Waals surface area contributed by atoms with Crippen LogP contribution in [0, 0.1) is 0 Å². The lowest BCUT2D eigenvalue weighted by Gasteiger charge is -2.32. The number of rotatable bonds is 4. The highest BCUT2D eigenvalue weighted by molar-refractivity contribution is 7.59. The first-order valence-electron chi connectivity index (χ1n) is 9.30. The fourth-order valence-corrected chi connectivity index (χ4v) is 3.56. The van der Waals surface area contributed by atoms with Crippen LogP contribution in [0.5, 0.6) is 5.75 Å². The highest BCUT2D eigenvalue weighted by Gasteiger charge is 2.36. The maximum atomic E-state index is 13.2. The van der Waals surface area contributed by atoms with Gasteiger partial charge < -0.3 is 15.0 Å². The molecule has 1 atom stereocenters. The van der Waals surface area contributed by atoms with Gasteiger partial charge in [0.2, 0.25) is 0 Å². The average molecular weight is 516 g/mol. The molecule has 0 unspecified atom stereocenters. The molecule has 1 aliphatic heterocycles. The molecule has 182 valence electrons. The molecule has 3 heterocycles. The molecule has 1 N–H and O–H groups in total. The zero-order chi connectivity index (χ0) is 23.0. The second-order valence-electron chi connectivity index (χ2n) is 6.97. The van der Waals surface area contributed by atoms with Gasteiger partial charge in [-0.25, -0.2) is 0 Å². The third kappa shape index (κ3) is 5.45. The average Bonchev–Trinajstić information content (AvgIpc) is 3.18. The van der Waals surface area contributed by atoms with Gasteiger partial charge >= 0.3 is 6.36 Å². The summed E-state index contributed by atoms with van der Waals surface area (Å²) in [7, 11) is 0. The van der Waals surface area contributed by atoms with Gasteiger partial charge in [0.25, 0.3) is 11.8 Å². The Kier molecular flexibility index (Phi) is 8.22. The Morgan fingerprint density at radius 3 is 2.62 bits per heavy atom. The monoisotopic (exact) mass is 515 g/mol. The first-order chi connectivity index (χ1) is 15.1. The number of alkyl halides is 3. The number of halogens is 4. The Bertz CT molecular complexity index is 1190. The number of fused-ring (bicyclic) bond motifs is 1. The van der Waals surface area contributed by atoms with E-state index in [2.05, 4.69) is 20.1 Å². The van der Waals surface area contributed by atoms with Crippen molar-refractivity contribution in [3.05, 3.63) is 65.2 Å². The van der Waals surface area contributed by atoms with Crippen molar-refractivity contribution >= 4 is 48.3 Å². The van der Waals surface area contributed by atoms with E-state index in [-0.39, 0.29) is 55.5 Å². The molecular weight excluding hydrogens is 495 g/mol. The second kappa shape index (κ2) is 10.3. The largest absolute Gasteiger partial charge is 0.573 e. The maximum Gasteiger partial charge on any atom is 0.573 e. The van der Waals surface area contributed by atoms with Gasteiger partial charge in [-0.3, -0.25) is 19.3 Å². The molecule has 0 spiro atoms. The summed E-state index contributed by atoms with van der Waals surface area (Å²) in [6.07, 6.45) is -0.594. The number of anilines is 2. The van der Waals surface area contributed by atoms with Crippen LogP contribution in [0.15, 0.2) is 48.9 Å². The molecule has 13 heteroatoms. The minimum atomic E-state index is -4.90. The number of ether oxygens (including phenoxy) is 1. The summed E-state index contributed by atoms with van der Waals surface area (Å²) in [5.41, 5.74) is 0.806. The van der Waals surface area contributed by atoms with E-state index in [0.717, 1.165) is 6.07 Å². The van der Waals surface area contributed by atoms with Crippen molar-refractivity contribution in [2.45, 2.75) is 26.8 Å². The number of nitrogens with zero attached hydrogens (tertiary/aromatic N) is 4. The van der Waals surface area contributed by atoms with Crippen molar-refractivity contribution in [3.8, 4) is 5.75 Å². The summed E-state index contributed by atoms with van der Waals surface area (Å²) in [5.74, 6) is -1.67. The van der Waals surface area contributed by atoms with Crippen LogP contribution in [0.2, 0.25) is 5.02 Å². The molecular formula is C21H21ClF3N5O3S. The van der Waals surface area contributed by atoms with Crippen LogP contribution < -0.4 is 15.0 Å². The number of pyridine rings is 1. The molecule has 0 bridgehead atoms. The fourth-order valence-electron chi connectivity index (χ4n) is 3.35. The highest BCUT2D eigenvalue weighted by Crippen LogP contribution is 2.35. The topological polar surface area (TPSA) is 89.3 Å². The Morgan fingerprint density at radius 2 is 2.00 bits per heavy atom. The zero-order valence-electron chi connectivity index (χ0n) is 16.9. The van der Waals surface area contributed by atoms with Crippen LogP contribution in [0.4, 0.5) is 24.5 Å². The first kappa shape index (κ1) is 27.0. The van der Waals surface area contributed by atoms with E-state index in [1.807, 2.05) is 0 Å². The lowest BCUT2D eigenvalue weighted by Crippen LogP contribution is -2.43. The van der Waals surface area contributed by atoms with Crippen molar-refractivity contribution in [1.29, 1.82) is 0 Å². The Balaban J connectivity index is 0.00000204. The summed E-state index contributed by atoms with van der Waals surface area (Å²) in [5, 5.41) is 6.51. The molecule has 0 aliphatic carbocycles. The highest BCUT2D eigenvalue weighted by atomic mass is 35.5. The van der Waals surface area contributed by atoms with Gasteiger partial charge in [-0.15, -0.1) is 13.2 Å². The summed E-state index contributed by atoms with van der Waals surface area (Å²) in [6.45, 7) is 1.97. The molecule has 0 saturated carbocycles. The quantitative estimate of drug-likeness (QED) is 0.525. The summed E-state index contributed by atoms with van der Waals surface area (Å²) < 4.78 is 42.8. The van der Waals surface area contributed by atoms with Crippen molar-refractivity contribution in [2.75, 3.05) is 16.8 Å². The van der Waals surface area contributed by atoms with Gasteiger partial charge in [-0.05, 0) is 37.3 Å². The van der Waals surface area contributed by atoms with Gasteiger partial charge in [0.15, 0.2) is 0 Å².